The Balaban J connectivity index is 1.63. The Morgan fingerprint density at radius 2 is 1.74 bits per heavy atom. The third-order valence-corrected chi connectivity index (χ3v) is 5.01. The van der Waals surface area contributed by atoms with Crippen LogP contribution in [0.1, 0.15) is 44.7 Å². The number of hydrogen-bond donors (Lipinski definition) is 1. The van der Waals surface area contributed by atoms with Crippen LogP contribution in [0.15, 0.2) is 42.5 Å². The van der Waals surface area contributed by atoms with Crippen LogP contribution in [0.2, 0.25) is 0 Å². The molecule has 1 aliphatic carbocycles. The van der Waals surface area contributed by atoms with E-state index >= 15 is 0 Å². The number of anilines is 1. The molecular formula is C20H21NO5S. The Bertz CT molecular complexity index is 982. The molecule has 0 saturated heterocycles. The van der Waals surface area contributed by atoms with E-state index in [-0.39, 0.29) is 23.6 Å². The van der Waals surface area contributed by atoms with E-state index in [1.54, 1.807) is 6.07 Å². The Morgan fingerprint density at radius 3 is 2.48 bits per heavy atom. The molecule has 1 aliphatic rings. The monoisotopic (exact) mass is 387 g/mol. The van der Waals surface area contributed by atoms with Crippen LogP contribution < -0.4 is 4.72 Å². The number of ether oxygens (including phenoxy) is 1. The molecule has 0 aromatic heterocycles. The number of aryl methyl sites for hydroxylation is 2. The summed E-state index contributed by atoms with van der Waals surface area (Å²) in [5, 5.41) is 0. The minimum absolute atomic E-state index is 0.168. The van der Waals surface area contributed by atoms with Crippen molar-refractivity contribution >= 4 is 27.5 Å². The fraction of sp³-hybridized carbons (Fsp3) is 0.300. The average Bonchev–Trinajstić information content (AvgIpc) is 2.64. The standard InChI is InChI=1S/C20H21NO5S/c1-27(24,25)21-18-8-4-7-17(12-18)20(23)26-13-19(22)16-10-9-14-5-2-3-6-15(14)11-16/h4,7-12,21H,2-3,5-6,13H2,1H3. The summed E-state index contributed by atoms with van der Waals surface area (Å²) in [6.07, 6.45) is 5.32. The van der Waals surface area contributed by atoms with Crippen molar-refractivity contribution in [1.82, 2.24) is 0 Å². The summed E-state index contributed by atoms with van der Waals surface area (Å²) in [5.74, 6) is -0.944. The summed E-state index contributed by atoms with van der Waals surface area (Å²) in [5.41, 5.74) is 3.44. The minimum atomic E-state index is -3.45. The molecule has 0 spiro atoms. The maximum Gasteiger partial charge on any atom is 0.338 e. The number of Topliss-reactive ketones (excluding diaryl/α,β-unsaturated/α-hetero) is 1. The molecule has 6 nitrogen and oxygen atoms in total. The third-order valence-electron chi connectivity index (χ3n) is 4.41. The Morgan fingerprint density at radius 1 is 1.00 bits per heavy atom. The van der Waals surface area contributed by atoms with Gasteiger partial charge in [-0.15, -0.1) is 0 Å². The molecule has 0 radical (unpaired) electrons. The molecule has 0 amide bonds. The van der Waals surface area contributed by atoms with Gasteiger partial charge >= 0.3 is 5.97 Å². The highest BCUT2D eigenvalue weighted by atomic mass is 32.2. The first-order chi connectivity index (χ1) is 12.8. The summed E-state index contributed by atoms with van der Waals surface area (Å²) < 4.78 is 30.0. The first kappa shape index (κ1) is 19.1. The Labute approximate surface area is 158 Å². The molecule has 2 aromatic carbocycles. The average molecular weight is 387 g/mol. The molecule has 0 atom stereocenters. The third kappa shape index (κ3) is 5.17. The second-order valence-corrected chi connectivity index (χ2v) is 8.39. The smallest absolute Gasteiger partial charge is 0.338 e. The fourth-order valence-corrected chi connectivity index (χ4v) is 3.68. The van der Waals surface area contributed by atoms with Gasteiger partial charge < -0.3 is 4.74 Å². The number of carbonyl (C=O) groups excluding carboxylic acids is 2. The number of hydrogen-bond acceptors (Lipinski definition) is 5. The summed E-state index contributed by atoms with van der Waals surface area (Å²) in [6.45, 7) is -0.360. The predicted octanol–water partition coefficient (Wildman–Crippen LogP) is 2.98. The van der Waals surface area contributed by atoms with Gasteiger partial charge in [-0.1, -0.05) is 18.2 Å². The summed E-state index contributed by atoms with van der Waals surface area (Å²) in [6, 6.07) is 11.6. The number of sulfonamides is 1. The summed E-state index contributed by atoms with van der Waals surface area (Å²) in [4.78, 5) is 24.5. The number of carbonyl (C=O) groups is 2. The van der Waals surface area contributed by atoms with Crippen LogP contribution in [-0.2, 0) is 27.6 Å². The van der Waals surface area contributed by atoms with Crippen molar-refractivity contribution in [1.29, 1.82) is 0 Å². The lowest BCUT2D eigenvalue weighted by Gasteiger charge is -2.16. The molecule has 1 N–H and O–H groups in total. The maximum absolute atomic E-state index is 12.4. The number of ketones is 1. The van der Waals surface area contributed by atoms with Crippen LogP contribution in [0, 0.1) is 0 Å². The van der Waals surface area contributed by atoms with Crippen LogP contribution in [0.5, 0.6) is 0 Å². The molecule has 27 heavy (non-hydrogen) atoms. The molecule has 3 rings (SSSR count). The number of nitrogens with one attached hydrogen (secondary N) is 1. The fourth-order valence-electron chi connectivity index (χ4n) is 3.13. The van der Waals surface area contributed by atoms with Gasteiger partial charge in [-0.05, 0) is 61.1 Å². The van der Waals surface area contributed by atoms with Crippen LogP contribution in [0.3, 0.4) is 0 Å². The van der Waals surface area contributed by atoms with E-state index in [4.69, 9.17) is 4.74 Å². The maximum atomic E-state index is 12.4. The van der Waals surface area contributed by atoms with E-state index in [1.165, 1.54) is 41.8 Å². The van der Waals surface area contributed by atoms with Crippen LogP contribution in [-0.4, -0.2) is 33.0 Å². The van der Waals surface area contributed by atoms with E-state index in [2.05, 4.69) is 4.72 Å². The highest BCUT2D eigenvalue weighted by Gasteiger charge is 2.16. The van der Waals surface area contributed by atoms with Gasteiger partial charge in [0.2, 0.25) is 10.0 Å². The summed E-state index contributed by atoms with van der Waals surface area (Å²) >= 11 is 0. The quantitative estimate of drug-likeness (QED) is 0.608. The van der Waals surface area contributed by atoms with Gasteiger partial charge in [-0.3, -0.25) is 9.52 Å². The molecule has 0 aliphatic heterocycles. The lowest BCUT2D eigenvalue weighted by atomic mass is 9.90. The lowest BCUT2D eigenvalue weighted by molar-refractivity contribution is 0.0475. The van der Waals surface area contributed by atoms with Gasteiger partial charge in [0.05, 0.1) is 11.8 Å². The molecular weight excluding hydrogens is 366 g/mol. The zero-order chi connectivity index (χ0) is 19.4. The van der Waals surface area contributed by atoms with Gasteiger partial charge in [0.15, 0.2) is 12.4 Å². The lowest BCUT2D eigenvalue weighted by Crippen LogP contribution is -2.16. The zero-order valence-electron chi connectivity index (χ0n) is 15.0. The highest BCUT2D eigenvalue weighted by Crippen LogP contribution is 2.22. The van der Waals surface area contributed by atoms with Crippen molar-refractivity contribution < 1.29 is 22.7 Å². The van der Waals surface area contributed by atoms with E-state index in [1.807, 2.05) is 12.1 Å². The molecule has 7 heteroatoms. The highest BCUT2D eigenvalue weighted by molar-refractivity contribution is 7.92. The molecule has 0 bridgehead atoms. The van der Waals surface area contributed by atoms with Gasteiger partial charge in [0.25, 0.3) is 0 Å². The van der Waals surface area contributed by atoms with Crippen molar-refractivity contribution in [2.75, 3.05) is 17.6 Å². The van der Waals surface area contributed by atoms with Gasteiger partial charge in [-0.25, -0.2) is 13.2 Å². The van der Waals surface area contributed by atoms with Crippen molar-refractivity contribution in [3.8, 4) is 0 Å². The van der Waals surface area contributed by atoms with Crippen LogP contribution in [0.25, 0.3) is 0 Å². The largest absolute Gasteiger partial charge is 0.454 e. The zero-order valence-corrected chi connectivity index (χ0v) is 15.8. The van der Waals surface area contributed by atoms with E-state index in [0.717, 1.165) is 25.5 Å². The molecule has 0 saturated carbocycles. The second kappa shape index (κ2) is 7.92. The first-order valence-corrected chi connectivity index (χ1v) is 10.6. The van der Waals surface area contributed by atoms with Gasteiger partial charge in [-0.2, -0.15) is 0 Å². The van der Waals surface area contributed by atoms with Crippen LogP contribution >= 0.6 is 0 Å². The van der Waals surface area contributed by atoms with Crippen LogP contribution in [0.4, 0.5) is 5.69 Å². The van der Waals surface area contributed by atoms with Crippen molar-refractivity contribution in [2.45, 2.75) is 25.7 Å². The van der Waals surface area contributed by atoms with E-state index in [9.17, 15) is 18.0 Å². The van der Waals surface area contributed by atoms with Gasteiger partial charge in [0, 0.05) is 11.3 Å². The molecule has 142 valence electrons. The van der Waals surface area contributed by atoms with Crippen molar-refractivity contribution in [3.05, 3.63) is 64.7 Å². The van der Waals surface area contributed by atoms with E-state index in [0.29, 0.717) is 5.56 Å². The molecule has 0 heterocycles. The minimum Gasteiger partial charge on any atom is -0.454 e. The SMILES string of the molecule is CS(=O)(=O)Nc1cccc(C(=O)OCC(=O)c2ccc3c(c2)CCCC3)c1. The molecule has 0 fully saturated rings. The number of esters is 1. The number of fused-ring (bicyclic) bond motifs is 1. The normalized spacial score (nSPS) is 13.5. The Kier molecular flexibility index (Phi) is 5.60. The van der Waals surface area contributed by atoms with Gasteiger partial charge in [0.1, 0.15) is 0 Å². The van der Waals surface area contributed by atoms with E-state index < -0.39 is 16.0 Å². The molecule has 0 unspecified atom stereocenters. The number of rotatable bonds is 6. The van der Waals surface area contributed by atoms with Crippen molar-refractivity contribution in [2.24, 2.45) is 0 Å². The summed E-state index contributed by atoms with van der Waals surface area (Å²) in [7, 11) is -3.45. The number of benzene rings is 2. The van der Waals surface area contributed by atoms with Crippen molar-refractivity contribution in [3.63, 3.8) is 0 Å². The molecule has 2 aromatic rings. The second-order valence-electron chi connectivity index (χ2n) is 6.64. The predicted molar refractivity (Wildman–Crippen MR) is 103 cm³/mol. The first-order valence-electron chi connectivity index (χ1n) is 8.72. The Hall–Kier alpha value is -2.67. The topological polar surface area (TPSA) is 89.5 Å².